The summed E-state index contributed by atoms with van der Waals surface area (Å²) in [6.07, 6.45) is 1.87. The second kappa shape index (κ2) is 8.91. The van der Waals surface area contributed by atoms with E-state index in [2.05, 4.69) is 10.6 Å². The fraction of sp³-hybridized carbons (Fsp3) is 0.909. The van der Waals surface area contributed by atoms with Crippen LogP contribution in [-0.2, 0) is 9.47 Å². The molecule has 0 radical (unpaired) electrons. The Morgan fingerprint density at radius 3 is 1.33 bits per heavy atom. The molecule has 2 amide bonds. The second-order valence-corrected chi connectivity index (χ2v) is 11.0. The molecule has 0 unspecified atom stereocenters. The van der Waals surface area contributed by atoms with Crippen molar-refractivity contribution < 1.29 is 19.1 Å². The van der Waals surface area contributed by atoms with Crippen molar-refractivity contribution in [1.29, 1.82) is 0 Å². The summed E-state index contributed by atoms with van der Waals surface area (Å²) < 4.78 is 10.7. The number of nitrogens with zero attached hydrogens (tertiary/aromatic N) is 2. The van der Waals surface area contributed by atoms with Gasteiger partial charge in [-0.3, -0.25) is 0 Å². The molecule has 4 rings (SSSR count). The molecule has 8 heteroatoms. The van der Waals surface area contributed by atoms with Crippen molar-refractivity contribution in [2.75, 3.05) is 39.3 Å². The largest absolute Gasteiger partial charge is 0.444 e. The van der Waals surface area contributed by atoms with E-state index < -0.39 is 0 Å². The van der Waals surface area contributed by atoms with Gasteiger partial charge in [-0.05, 0) is 79.3 Å². The van der Waals surface area contributed by atoms with E-state index in [4.69, 9.17) is 9.47 Å². The first-order chi connectivity index (χ1) is 13.9. The van der Waals surface area contributed by atoms with Gasteiger partial charge in [0, 0.05) is 38.3 Å². The van der Waals surface area contributed by atoms with E-state index in [1.807, 2.05) is 51.3 Å². The number of piperidine rings is 2. The summed E-state index contributed by atoms with van der Waals surface area (Å²) in [6.45, 7) is 16.9. The number of hydrogen-bond acceptors (Lipinski definition) is 6. The van der Waals surface area contributed by atoms with Crippen LogP contribution in [0.25, 0.3) is 0 Å². The summed E-state index contributed by atoms with van der Waals surface area (Å²) in [7, 11) is 0. The van der Waals surface area contributed by atoms with E-state index in [-0.39, 0.29) is 23.4 Å². The van der Waals surface area contributed by atoms with Gasteiger partial charge >= 0.3 is 12.2 Å². The Kier molecular flexibility index (Phi) is 6.87. The summed E-state index contributed by atoms with van der Waals surface area (Å²) in [5.74, 6) is 1.56. The van der Waals surface area contributed by atoms with E-state index in [0.717, 1.165) is 63.9 Å². The van der Waals surface area contributed by atoms with E-state index in [0.29, 0.717) is 12.1 Å². The average molecular weight is 425 g/mol. The molecule has 4 saturated heterocycles. The van der Waals surface area contributed by atoms with Gasteiger partial charge in [-0.2, -0.15) is 0 Å². The zero-order valence-corrected chi connectivity index (χ0v) is 19.5. The maximum atomic E-state index is 11.8. The smallest absolute Gasteiger partial charge is 0.410 e. The highest BCUT2D eigenvalue weighted by Gasteiger charge is 2.39. The zero-order valence-electron chi connectivity index (χ0n) is 19.5. The predicted octanol–water partition coefficient (Wildman–Crippen LogP) is 2.43. The van der Waals surface area contributed by atoms with Crippen LogP contribution in [0.15, 0.2) is 0 Å². The third-order valence-electron chi connectivity index (χ3n) is 6.10. The number of rotatable bonds is 0. The molecule has 0 bridgehead atoms. The Labute approximate surface area is 181 Å². The second-order valence-electron chi connectivity index (χ2n) is 11.0. The first-order valence-corrected chi connectivity index (χ1v) is 11.3. The molecule has 4 fully saturated rings. The molecule has 4 atom stereocenters. The molecule has 4 aliphatic rings. The first kappa shape index (κ1) is 23.1. The van der Waals surface area contributed by atoms with Crippen LogP contribution in [0.1, 0.15) is 54.4 Å². The number of fused-ring (bicyclic) bond motifs is 2. The lowest BCUT2D eigenvalue weighted by atomic mass is 9.85. The molecule has 0 aromatic carbocycles. The lowest BCUT2D eigenvalue weighted by Gasteiger charge is -2.46. The van der Waals surface area contributed by atoms with Gasteiger partial charge < -0.3 is 29.9 Å². The minimum atomic E-state index is -0.388. The minimum absolute atomic E-state index is 0.172. The molecule has 4 aliphatic heterocycles. The van der Waals surface area contributed by atoms with E-state index in [1.165, 1.54) is 0 Å². The summed E-state index contributed by atoms with van der Waals surface area (Å²) in [6, 6.07) is 1.01. The van der Waals surface area contributed by atoms with Crippen molar-refractivity contribution in [1.82, 2.24) is 20.4 Å². The van der Waals surface area contributed by atoms with Gasteiger partial charge in [0.05, 0.1) is 0 Å². The molecular weight excluding hydrogens is 384 g/mol. The van der Waals surface area contributed by atoms with Crippen molar-refractivity contribution in [3.8, 4) is 0 Å². The van der Waals surface area contributed by atoms with Crippen molar-refractivity contribution in [3.05, 3.63) is 0 Å². The number of amides is 2. The molecule has 2 N–H and O–H groups in total. The van der Waals surface area contributed by atoms with Gasteiger partial charge in [0.1, 0.15) is 11.2 Å². The molecule has 0 spiro atoms. The van der Waals surface area contributed by atoms with Crippen molar-refractivity contribution in [3.63, 3.8) is 0 Å². The molecule has 172 valence electrons. The SMILES string of the molecule is CC(C)(C)OC(=O)N1CC[C@@H]2CN[C@@H]2C1.CC(C)(C)OC(=O)N1CC[C@H]2CN[C@H]2C1. The first-order valence-electron chi connectivity index (χ1n) is 11.3. The van der Waals surface area contributed by atoms with Gasteiger partial charge in [-0.1, -0.05) is 0 Å². The third kappa shape index (κ3) is 6.23. The number of carbonyl (C=O) groups is 2. The zero-order chi connectivity index (χ0) is 22.1. The Balaban J connectivity index is 0.000000171. The Hall–Kier alpha value is -1.54. The lowest BCUT2D eigenvalue weighted by Crippen LogP contribution is -2.63. The van der Waals surface area contributed by atoms with Crippen LogP contribution in [0.3, 0.4) is 0 Å². The molecule has 30 heavy (non-hydrogen) atoms. The quantitative estimate of drug-likeness (QED) is 0.621. The van der Waals surface area contributed by atoms with Crippen LogP contribution in [-0.4, -0.2) is 84.5 Å². The highest BCUT2D eigenvalue weighted by atomic mass is 16.6. The van der Waals surface area contributed by atoms with Gasteiger partial charge in [-0.15, -0.1) is 0 Å². The number of ether oxygens (including phenoxy) is 2. The van der Waals surface area contributed by atoms with Crippen LogP contribution in [0, 0.1) is 11.8 Å². The summed E-state index contributed by atoms with van der Waals surface area (Å²) in [4.78, 5) is 27.2. The van der Waals surface area contributed by atoms with Crippen LogP contribution < -0.4 is 10.6 Å². The molecule has 0 aromatic rings. The Morgan fingerprint density at radius 2 is 1.10 bits per heavy atom. The summed E-state index contributed by atoms with van der Waals surface area (Å²) >= 11 is 0. The summed E-state index contributed by atoms with van der Waals surface area (Å²) in [5, 5.41) is 6.69. The fourth-order valence-electron chi connectivity index (χ4n) is 4.22. The predicted molar refractivity (Wildman–Crippen MR) is 115 cm³/mol. The number of nitrogens with one attached hydrogen (secondary N) is 2. The van der Waals surface area contributed by atoms with E-state index in [1.54, 1.807) is 0 Å². The van der Waals surface area contributed by atoms with Crippen LogP contribution in [0.5, 0.6) is 0 Å². The maximum Gasteiger partial charge on any atom is 0.410 e. The Bertz CT molecular complexity index is 574. The fourth-order valence-corrected chi connectivity index (χ4v) is 4.22. The van der Waals surface area contributed by atoms with Crippen molar-refractivity contribution in [2.45, 2.75) is 77.7 Å². The average Bonchev–Trinajstić information content (AvgIpc) is 2.54. The third-order valence-corrected chi connectivity index (χ3v) is 6.10. The van der Waals surface area contributed by atoms with Gasteiger partial charge in [0.25, 0.3) is 0 Å². The highest BCUT2D eigenvalue weighted by Crippen LogP contribution is 2.26. The van der Waals surface area contributed by atoms with Gasteiger partial charge in [0.15, 0.2) is 0 Å². The monoisotopic (exact) mass is 424 g/mol. The number of likely N-dealkylation sites (tertiary alicyclic amines) is 2. The van der Waals surface area contributed by atoms with Crippen LogP contribution in [0.2, 0.25) is 0 Å². The molecular formula is C22H40N4O4. The molecule has 0 saturated carbocycles. The molecule has 0 aliphatic carbocycles. The summed E-state index contributed by atoms with van der Waals surface area (Å²) in [5.41, 5.74) is -0.776. The molecule has 4 heterocycles. The molecule has 8 nitrogen and oxygen atoms in total. The standard InChI is InChI=1S/2C11H20N2O2/c2*1-11(2,3)15-10(14)13-5-4-8-6-12-9(8)7-13/h2*8-9,12H,4-7H2,1-3H3/t2*8-,9-/m10/s1. The highest BCUT2D eigenvalue weighted by molar-refractivity contribution is 5.68. The van der Waals surface area contributed by atoms with E-state index >= 15 is 0 Å². The van der Waals surface area contributed by atoms with Gasteiger partial charge in [-0.25, -0.2) is 9.59 Å². The van der Waals surface area contributed by atoms with Crippen molar-refractivity contribution in [2.24, 2.45) is 11.8 Å². The van der Waals surface area contributed by atoms with Crippen molar-refractivity contribution >= 4 is 12.2 Å². The normalized spacial score (nSPS) is 30.5. The Morgan fingerprint density at radius 1 is 0.733 bits per heavy atom. The maximum absolute atomic E-state index is 11.8. The van der Waals surface area contributed by atoms with Crippen LogP contribution >= 0.6 is 0 Å². The van der Waals surface area contributed by atoms with Crippen LogP contribution in [0.4, 0.5) is 9.59 Å². The van der Waals surface area contributed by atoms with Gasteiger partial charge in [0.2, 0.25) is 0 Å². The number of carbonyl (C=O) groups excluding carboxylic acids is 2. The number of hydrogen-bond donors (Lipinski definition) is 2. The lowest BCUT2D eigenvalue weighted by molar-refractivity contribution is 0.00499. The minimum Gasteiger partial charge on any atom is -0.444 e. The topological polar surface area (TPSA) is 83.1 Å². The van der Waals surface area contributed by atoms with E-state index in [9.17, 15) is 9.59 Å². The molecule has 0 aromatic heterocycles.